The van der Waals surface area contributed by atoms with Gasteiger partial charge in [-0.2, -0.15) is 0 Å². The van der Waals surface area contributed by atoms with Crippen molar-refractivity contribution in [2.75, 3.05) is 26.2 Å². The molecule has 92 valence electrons. The van der Waals surface area contributed by atoms with Crippen molar-refractivity contribution >= 4 is 22.9 Å². The van der Waals surface area contributed by atoms with E-state index in [1.54, 1.807) is 11.3 Å². The van der Waals surface area contributed by atoms with Gasteiger partial charge in [0.1, 0.15) is 0 Å². The van der Waals surface area contributed by atoms with Crippen LogP contribution < -0.4 is 5.32 Å². The highest BCUT2D eigenvalue weighted by Crippen LogP contribution is 2.20. The number of nitrogens with zero attached hydrogens (tertiary/aromatic N) is 1. The molecule has 16 heavy (non-hydrogen) atoms. The van der Waals surface area contributed by atoms with Gasteiger partial charge in [0.2, 0.25) is 0 Å². The van der Waals surface area contributed by atoms with Crippen LogP contribution in [0.2, 0.25) is 4.34 Å². The molecule has 0 radical (unpaired) electrons. The molecule has 0 atom stereocenters. The van der Waals surface area contributed by atoms with Crippen molar-refractivity contribution in [3.05, 3.63) is 21.3 Å². The summed E-state index contributed by atoms with van der Waals surface area (Å²) in [4.78, 5) is 3.78. The molecule has 2 nitrogen and oxygen atoms in total. The summed E-state index contributed by atoms with van der Waals surface area (Å²) in [5.41, 5.74) is 0. The number of nitrogens with one attached hydrogen (secondary N) is 1. The van der Waals surface area contributed by atoms with Crippen molar-refractivity contribution in [3.63, 3.8) is 0 Å². The lowest BCUT2D eigenvalue weighted by atomic mass is 10.4. The summed E-state index contributed by atoms with van der Waals surface area (Å²) >= 11 is 7.52. The van der Waals surface area contributed by atoms with E-state index in [0.717, 1.165) is 30.5 Å². The first-order chi connectivity index (χ1) is 7.76. The maximum Gasteiger partial charge on any atom is 0.0931 e. The predicted octanol–water partition coefficient (Wildman–Crippen LogP) is 3.22. The fourth-order valence-corrected chi connectivity index (χ4v) is 2.70. The molecule has 0 amide bonds. The van der Waals surface area contributed by atoms with Gasteiger partial charge in [-0.15, -0.1) is 11.3 Å². The first-order valence-corrected chi connectivity index (χ1v) is 7.13. The highest BCUT2D eigenvalue weighted by atomic mass is 35.5. The molecular weight excluding hydrogens is 240 g/mol. The number of hydrogen-bond acceptors (Lipinski definition) is 3. The van der Waals surface area contributed by atoms with Crippen molar-refractivity contribution in [2.45, 2.75) is 26.8 Å². The Morgan fingerprint density at radius 2 is 2.12 bits per heavy atom. The van der Waals surface area contributed by atoms with E-state index in [1.807, 2.05) is 6.07 Å². The molecule has 1 N–H and O–H groups in total. The lowest BCUT2D eigenvalue weighted by Gasteiger charge is -2.19. The van der Waals surface area contributed by atoms with Gasteiger partial charge in [-0.05, 0) is 31.6 Å². The maximum atomic E-state index is 5.87. The summed E-state index contributed by atoms with van der Waals surface area (Å²) in [6, 6.07) is 4.04. The zero-order valence-corrected chi connectivity index (χ0v) is 11.7. The second-order valence-corrected chi connectivity index (χ2v) is 5.62. The van der Waals surface area contributed by atoms with Crippen molar-refractivity contribution < 1.29 is 0 Å². The summed E-state index contributed by atoms with van der Waals surface area (Å²) in [6.07, 6.45) is 1.23. The van der Waals surface area contributed by atoms with Gasteiger partial charge >= 0.3 is 0 Å². The second-order valence-electron chi connectivity index (χ2n) is 3.82. The molecule has 0 aliphatic rings. The highest BCUT2D eigenvalue weighted by Gasteiger charge is 2.00. The number of halogens is 1. The van der Waals surface area contributed by atoms with E-state index >= 15 is 0 Å². The van der Waals surface area contributed by atoms with Gasteiger partial charge in [0.05, 0.1) is 4.34 Å². The Morgan fingerprint density at radius 1 is 1.31 bits per heavy atom. The van der Waals surface area contributed by atoms with Gasteiger partial charge in [0.25, 0.3) is 0 Å². The van der Waals surface area contributed by atoms with Crippen molar-refractivity contribution in [1.82, 2.24) is 10.2 Å². The predicted molar refractivity (Wildman–Crippen MR) is 73.4 cm³/mol. The zero-order valence-electron chi connectivity index (χ0n) is 10.1. The van der Waals surface area contributed by atoms with Crippen LogP contribution in [0.15, 0.2) is 12.1 Å². The fourth-order valence-electron chi connectivity index (χ4n) is 1.64. The number of thiophene rings is 1. The van der Waals surface area contributed by atoms with Crippen LogP contribution in [0.4, 0.5) is 0 Å². The minimum atomic E-state index is 0.873. The summed E-state index contributed by atoms with van der Waals surface area (Å²) in [6.45, 7) is 9.88. The molecule has 0 aliphatic carbocycles. The van der Waals surface area contributed by atoms with Crippen LogP contribution in [-0.2, 0) is 6.54 Å². The first kappa shape index (κ1) is 14.0. The first-order valence-electron chi connectivity index (χ1n) is 5.93. The van der Waals surface area contributed by atoms with Crippen LogP contribution in [0.3, 0.4) is 0 Å². The third-order valence-electron chi connectivity index (χ3n) is 2.52. The molecule has 0 aromatic carbocycles. The monoisotopic (exact) mass is 260 g/mol. The molecule has 1 aromatic rings. The minimum Gasteiger partial charge on any atom is -0.311 e. The van der Waals surface area contributed by atoms with E-state index in [4.69, 9.17) is 11.6 Å². The standard InChI is InChI=1S/C12H21ClN2S/c1-3-8-15(4-2)9-7-14-10-11-5-6-12(13)16-11/h5-6,14H,3-4,7-10H2,1-2H3. The van der Waals surface area contributed by atoms with Gasteiger partial charge in [-0.3, -0.25) is 0 Å². The van der Waals surface area contributed by atoms with Crippen LogP contribution in [0.25, 0.3) is 0 Å². The Labute approximate surface area is 108 Å². The third-order valence-corrected chi connectivity index (χ3v) is 3.75. The largest absolute Gasteiger partial charge is 0.311 e. The van der Waals surface area contributed by atoms with Crippen LogP contribution in [0, 0.1) is 0 Å². The molecule has 4 heteroatoms. The van der Waals surface area contributed by atoms with Crippen molar-refractivity contribution in [1.29, 1.82) is 0 Å². The molecule has 1 rings (SSSR count). The lowest BCUT2D eigenvalue weighted by molar-refractivity contribution is 0.287. The van der Waals surface area contributed by atoms with E-state index < -0.39 is 0 Å². The molecule has 0 saturated carbocycles. The second kappa shape index (κ2) is 8.07. The van der Waals surface area contributed by atoms with Gasteiger partial charge < -0.3 is 10.2 Å². The number of hydrogen-bond donors (Lipinski definition) is 1. The van der Waals surface area contributed by atoms with E-state index in [0.29, 0.717) is 0 Å². The van der Waals surface area contributed by atoms with E-state index in [9.17, 15) is 0 Å². The van der Waals surface area contributed by atoms with Crippen molar-refractivity contribution in [3.8, 4) is 0 Å². The van der Waals surface area contributed by atoms with E-state index in [1.165, 1.54) is 17.8 Å². The quantitative estimate of drug-likeness (QED) is 0.722. The smallest absolute Gasteiger partial charge is 0.0931 e. The molecule has 1 heterocycles. The normalized spacial score (nSPS) is 11.2. The zero-order chi connectivity index (χ0) is 11.8. The van der Waals surface area contributed by atoms with Crippen molar-refractivity contribution in [2.24, 2.45) is 0 Å². The topological polar surface area (TPSA) is 15.3 Å². The van der Waals surface area contributed by atoms with E-state index in [2.05, 4.69) is 30.1 Å². The van der Waals surface area contributed by atoms with Crippen LogP contribution in [0.5, 0.6) is 0 Å². The van der Waals surface area contributed by atoms with Gasteiger partial charge in [0.15, 0.2) is 0 Å². The van der Waals surface area contributed by atoms with Gasteiger partial charge in [0, 0.05) is 24.5 Å². The molecular formula is C12H21ClN2S. The third kappa shape index (κ3) is 5.30. The Hall–Kier alpha value is -0.0900. The Bertz CT molecular complexity index is 288. The number of likely N-dealkylation sites (N-methyl/N-ethyl adjacent to an activating group) is 1. The van der Waals surface area contributed by atoms with Gasteiger partial charge in [-0.25, -0.2) is 0 Å². The Morgan fingerprint density at radius 3 is 2.69 bits per heavy atom. The Kier molecular flexibility index (Phi) is 7.05. The fraction of sp³-hybridized carbons (Fsp3) is 0.667. The van der Waals surface area contributed by atoms with Crippen LogP contribution in [0.1, 0.15) is 25.1 Å². The minimum absolute atomic E-state index is 0.873. The van der Waals surface area contributed by atoms with Crippen LogP contribution >= 0.6 is 22.9 Å². The van der Waals surface area contributed by atoms with Crippen LogP contribution in [-0.4, -0.2) is 31.1 Å². The lowest BCUT2D eigenvalue weighted by Crippen LogP contribution is -2.32. The Balaban J connectivity index is 2.11. The average Bonchev–Trinajstić information content (AvgIpc) is 2.69. The summed E-state index contributed by atoms with van der Waals surface area (Å²) in [7, 11) is 0. The van der Waals surface area contributed by atoms with E-state index in [-0.39, 0.29) is 0 Å². The number of rotatable bonds is 8. The molecule has 0 bridgehead atoms. The summed E-state index contributed by atoms with van der Waals surface area (Å²) in [5.74, 6) is 0. The molecule has 0 fully saturated rings. The molecule has 0 spiro atoms. The molecule has 1 aromatic heterocycles. The maximum absolute atomic E-state index is 5.87. The molecule has 0 saturated heterocycles. The summed E-state index contributed by atoms with van der Waals surface area (Å²) in [5, 5.41) is 3.45. The highest BCUT2D eigenvalue weighted by molar-refractivity contribution is 7.16. The van der Waals surface area contributed by atoms with Gasteiger partial charge in [-0.1, -0.05) is 25.4 Å². The average molecular weight is 261 g/mol. The SMILES string of the molecule is CCCN(CC)CCNCc1ccc(Cl)s1. The molecule has 0 aliphatic heterocycles. The summed E-state index contributed by atoms with van der Waals surface area (Å²) < 4.78 is 0.873. The molecule has 0 unspecified atom stereocenters.